The molecule has 20 heavy (non-hydrogen) atoms. The van der Waals surface area contributed by atoms with E-state index in [-0.39, 0.29) is 5.82 Å². The Hall–Kier alpha value is -2.23. The van der Waals surface area contributed by atoms with E-state index in [9.17, 15) is 4.39 Å². The maximum absolute atomic E-state index is 13.6. The lowest BCUT2D eigenvalue weighted by Crippen LogP contribution is -2.21. The fourth-order valence-electron chi connectivity index (χ4n) is 1.98. The second-order valence-corrected chi connectivity index (χ2v) is 4.65. The standard InChI is InChI=1S/C16H19FN2O/c1-19(16-9-3-2-8-15(16)17)10-5-11-20-14-7-4-6-13(18)12-14/h2-4,6-9,12H,5,10-11,18H2,1H3. The summed E-state index contributed by atoms with van der Waals surface area (Å²) in [7, 11) is 1.87. The van der Waals surface area contributed by atoms with Crippen LogP contribution < -0.4 is 15.4 Å². The highest BCUT2D eigenvalue weighted by Gasteiger charge is 2.05. The van der Waals surface area contributed by atoms with Crippen LogP contribution in [-0.2, 0) is 0 Å². The fraction of sp³-hybridized carbons (Fsp3) is 0.250. The summed E-state index contributed by atoms with van der Waals surface area (Å²) >= 11 is 0. The molecule has 106 valence electrons. The van der Waals surface area contributed by atoms with E-state index >= 15 is 0 Å². The topological polar surface area (TPSA) is 38.5 Å². The number of rotatable bonds is 6. The molecule has 0 atom stereocenters. The van der Waals surface area contributed by atoms with Crippen LogP contribution in [0.4, 0.5) is 15.8 Å². The summed E-state index contributed by atoms with van der Waals surface area (Å²) in [4.78, 5) is 1.89. The van der Waals surface area contributed by atoms with Crippen LogP contribution in [0.25, 0.3) is 0 Å². The summed E-state index contributed by atoms with van der Waals surface area (Å²) in [6.45, 7) is 1.30. The van der Waals surface area contributed by atoms with Gasteiger partial charge in [-0.25, -0.2) is 4.39 Å². The lowest BCUT2D eigenvalue weighted by atomic mass is 10.2. The monoisotopic (exact) mass is 274 g/mol. The van der Waals surface area contributed by atoms with E-state index in [1.807, 2.05) is 36.2 Å². The van der Waals surface area contributed by atoms with E-state index in [2.05, 4.69) is 0 Å². The van der Waals surface area contributed by atoms with Crippen LogP contribution in [0.1, 0.15) is 6.42 Å². The molecule has 0 saturated heterocycles. The Bertz CT molecular complexity index is 560. The molecule has 0 aliphatic rings. The minimum absolute atomic E-state index is 0.202. The van der Waals surface area contributed by atoms with Crippen molar-refractivity contribution in [2.24, 2.45) is 0 Å². The van der Waals surface area contributed by atoms with Gasteiger partial charge >= 0.3 is 0 Å². The molecule has 0 heterocycles. The van der Waals surface area contributed by atoms with Crippen molar-refractivity contribution >= 4 is 11.4 Å². The molecule has 2 aromatic carbocycles. The van der Waals surface area contributed by atoms with Gasteiger partial charge in [0.15, 0.2) is 0 Å². The summed E-state index contributed by atoms with van der Waals surface area (Å²) in [5, 5.41) is 0. The highest BCUT2D eigenvalue weighted by molar-refractivity contribution is 5.46. The summed E-state index contributed by atoms with van der Waals surface area (Å²) in [6, 6.07) is 14.1. The second kappa shape index (κ2) is 6.80. The predicted molar refractivity (Wildman–Crippen MR) is 80.6 cm³/mol. The van der Waals surface area contributed by atoms with Crippen molar-refractivity contribution < 1.29 is 9.13 Å². The van der Waals surface area contributed by atoms with E-state index in [1.54, 1.807) is 18.2 Å². The van der Waals surface area contributed by atoms with Gasteiger partial charge in [0.25, 0.3) is 0 Å². The molecule has 0 saturated carbocycles. The number of para-hydroxylation sites is 1. The zero-order valence-electron chi connectivity index (χ0n) is 11.6. The van der Waals surface area contributed by atoms with Crippen molar-refractivity contribution in [3.8, 4) is 5.75 Å². The number of benzene rings is 2. The second-order valence-electron chi connectivity index (χ2n) is 4.65. The van der Waals surface area contributed by atoms with Crippen LogP contribution in [0.3, 0.4) is 0 Å². The van der Waals surface area contributed by atoms with Crippen LogP contribution in [0, 0.1) is 5.82 Å². The van der Waals surface area contributed by atoms with Gasteiger partial charge in [-0.3, -0.25) is 0 Å². The molecule has 2 aromatic rings. The smallest absolute Gasteiger partial charge is 0.146 e. The first-order valence-electron chi connectivity index (χ1n) is 6.61. The molecule has 3 nitrogen and oxygen atoms in total. The highest BCUT2D eigenvalue weighted by atomic mass is 19.1. The Morgan fingerprint density at radius 2 is 1.95 bits per heavy atom. The van der Waals surface area contributed by atoms with Crippen molar-refractivity contribution in [2.75, 3.05) is 30.8 Å². The van der Waals surface area contributed by atoms with Gasteiger partial charge in [0.1, 0.15) is 11.6 Å². The number of hydrogen-bond acceptors (Lipinski definition) is 3. The molecule has 0 amide bonds. The van der Waals surface area contributed by atoms with Crippen molar-refractivity contribution in [3.05, 3.63) is 54.3 Å². The lowest BCUT2D eigenvalue weighted by molar-refractivity contribution is 0.312. The molecule has 0 spiro atoms. The lowest BCUT2D eigenvalue weighted by Gasteiger charge is -2.19. The third-order valence-electron chi connectivity index (χ3n) is 3.03. The Kier molecular flexibility index (Phi) is 4.82. The van der Waals surface area contributed by atoms with E-state index in [0.29, 0.717) is 18.0 Å². The summed E-state index contributed by atoms with van der Waals surface area (Å²) < 4.78 is 19.2. The van der Waals surface area contributed by atoms with Crippen molar-refractivity contribution in [3.63, 3.8) is 0 Å². The Balaban J connectivity index is 1.77. The summed E-state index contributed by atoms with van der Waals surface area (Å²) in [6.07, 6.45) is 0.805. The molecule has 0 bridgehead atoms. The van der Waals surface area contributed by atoms with Gasteiger partial charge in [-0.2, -0.15) is 0 Å². The highest BCUT2D eigenvalue weighted by Crippen LogP contribution is 2.18. The molecule has 2 rings (SSSR count). The minimum Gasteiger partial charge on any atom is -0.493 e. The maximum Gasteiger partial charge on any atom is 0.146 e. The quantitative estimate of drug-likeness (QED) is 0.648. The number of nitrogen functional groups attached to an aromatic ring is 1. The van der Waals surface area contributed by atoms with Crippen LogP contribution in [0.2, 0.25) is 0 Å². The molecular weight excluding hydrogens is 255 g/mol. The van der Waals surface area contributed by atoms with E-state index in [1.165, 1.54) is 6.07 Å². The van der Waals surface area contributed by atoms with Gasteiger partial charge in [-0.05, 0) is 30.7 Å². The molecule has 4 heteroatoms. The zero-order chi connectivity index (χ0) is 14.4. The third kappa shape index (κ3) is 3.88. The van der Waals surface area contributed by atoms with E-state index in [0.717, 1.165) is 18.7 Å². The first kappa shape index (κ1) is 14.2. The van der Waals surface area contributed by atoms with Gasteiger partial charge in [-0.1, -0.05) is 18.2 Å². The molecule has 0 fully saturated rings. The number of nitrogens with two attached hydrogens (primary N) is 1. The number of anilines is 2. The van der Waals surface area contributed by atoms with Gasteiger partial charge in [-0.15, -0.1) is 0 Å². The predicted octanol–water partition coefficient (Wildman–Crippen LogP) is 3.31. The Morgan fingerprint density at radius 3 is 2.70 bits per heavy atom. The number of hydrogen-bond donors (Lipinski definition) is 1. The molecule has 0 aromatic heterocycles. The number of nitrogens with zero attached hydrogens (tertiary/aromatic N) is 1. The average Bonchev–Trinajstić information content (AvgIpc) is 2.44. The van der Waals surface area contributed by atoms with E-state index < -0.39 is 0 Å². The summed E-state index contributed by atoms with van der Waals surface area (Å²) in [5.41, 5.74) is 6.97. The summed E-state index contributed by atoms with van der Waals surface area (Å²) in [5.74, 6) is 0.560. The maximum atomic E-state index is 13.6. The normalized spacial score (nSPS) is 10.3. The SMILES string of the molecule is CN(CCCOc1cccc(N)c1)c1ccccc1F. The first-order chi connectivity index (χ1) is 9.66. The number of halogens is 1. The fourth-order valence-corrected chi connectivity index (χ4v) is 1.98. The van der Waals surface area contributed by atoms with Crippen LogP contribution >= 0.6 is 0 Å². The number of ether oxygens (including phenoxy) is 1. The molecule has 0 radical (unpaired) electrons. The minimum atomic E-state index is -0.202. The third-order valence-corrected chi connectivity index (χ3v) is 3.03. The largest absolute Gasteiger partial charge is 0.493 e. The average molecular weight is 274 g/mol. The van der Waals surface area contributed by atoms with Crippen LogP contribution in [0.15, 0.2) is 48.5 Å². The van der Waals surface area contributed by atoms with Crippen molar-refractivity contribution in [2.45, 2.75) is 6.42 Å². The molecule has 2 N–H and O–H groups in total. The van der Waals surface area contributed by atoms with Gasteiger partial charge < -0.3 is 15.4 Å². The Morgan fingerprint density at radius 1 is 1.15 bits per heavy atom. The Labute approximate surface area is 118 Å². The van der Waals surface area contributed by atoms with Gasteiger partial charge in [0.2, 0.25) is 0 Å². The van der Waals surface area contributed by atoms with Crippen molar-refractivity contribution in [1.29, 1.82) is 0 Å². The van der Waals surface area contributed by atoms with Gasteiger partial charge in [0.05, 0.1) is 12.3 Å². The van der Waals surface area contributed by atoms with Crippen LogP contribution in [0.5, 0.6) is 5.75 Å². The van der Waals surface area contributed by atoms with Gasteiger partial charge in [0, 0.05) is 25.3 Å². The van der Waals surface area contributed by atoms with Crippen molar-refractivity contribution in [1.82, 2.24) is 0 Å². The van der Waals surface area contributed by atoms with Crippen LogP contribution in [-0.4, -0.2) is 20.2 Å². The molecular formula is C16H19FN2O. The molecule has 0 aliphatic heterocycles. The van der Waals surface area contributed by atoms with E-state index in [4.69, 9.17) is 10.5 Å². The zero-order valence-corrected chi connectivity index (χ0v) is 11.6. The first-order valence-corrected chi connectivity index (χ1v) is 6.61. The molecule has 0 aliphatic carbocycles. The molecule has 0 unspecified atom stereocenters.